The fourth-order valence-electron chi connectivity index (χ4n) is 2.10. The van der Waals surface area contributed by atoms with E-state index in [0.717, 1.165) is 5.01 Å². The van der Waals surface area contributed by atoms with E-state index in [0.29, 0.717) is 16.3 Å². The molecule has 0 bridgehead atoms. The minimum atomic E-state index is -0.519. The smallest absolute Gasteiger partial charge is 0.282 e. The number of amides is 2. The number of hydrazine groups is 1. The van der Waals surface area contributed by atoms with Crippen LogP contribution in [0.1, 0.15) is 5.56 Å². The van der Waals surface area contributed by atoms with Gasteiger partial charge in [-0.3, -0.25) is 15.0 Å². The van der Waals surface area contributed by atoms with Crippen LogP contribution in [0, 0.1) is 0 Å². The lowest BCUT2D eigenvalue weighted by Gasteiger charge is -2.15. The highest BCUT2D eigenvalue weighted by molar-refractivity contribution is 6.42. The Kier molecular flexibility index (Phi) is 3.98. The molecule has 7 heteroatoms. The quantitative estimate of drug-likeness (QED) is 0.646. The first-order valence-corrected chi connectivity index (χ1v) is 7.32. The van der Waals surface area contributed by atoms with Gasteiger partial charge in [0, 0.05) is 0 Å². The van der Waals surface area contributed by atoms with Crippen molar-refractivity contribution in [2.75, 3.05) is 5.01 Å². The minimum absolute atomic E-state index is 0.0123. The Labute approximate surface area is 141 Å². The molecule has 2 aromatic rings. The number of halogens is 2. The molecule has 5 nitrogen and oxygen atoms in total. The first-order valence-electron chi connectivity index (χ1n) is 6.57. The predicted octanol–water partition coefficient (Wildman–Crippen LogP) is 3.16. The summed E-state index contributed by atoms with van der Waals surface area (Å²) >= 11 is 11.8. The van der Waals surface area contributed by atoms with Crippen LogP contribution >= 0.6 is 23.2 Å². The molecule has 0 spiro atoms. The van der Waals surface area contributed by atoms with Gasteiger partial charge >= 0.3 is 0 Å². The summed E-state index contributed by atoms with van der Waals surface area (Å²) in [6, 6.07) is 10.8. The maximum atomic E-state index is 12.4. The van der Waals surface area contributed by atoms with Crippen LogP contribution in [0.2, 0.25) is 10.0 Å². The van der Waals surface area contributed by atoms with Crippen molar-refractivity contribution in [1.29, 1.82) is 0 Å². The third kappa shape index (κ3) is 3.02. The Balaban J connectivity index is 1.93. The molecule has 3 rings (SSSR count). The number of nitrogens with one attached hydrogen (secondary N) is 1. The molecule has 2 amide bonds. The molecule has 116 valence electrons. The van der Waals surface area contributed by atoms with Crippen LogP contribution in [0.3, 0.4) is 0 Å². The van der Waals surface area contributed by atoms with Gasteiger partial charge in [-0.1, -0.05) is 35.3 Å². The highest BCUT2D eigenvalue weighted by atomic mass is 35.5. The van der Waals surface area contributed by atoms with E-state index in [4.69, 9.17) is 23.2 Å². The summed E-state index contributed by atoms with van der Waals surface area (Å²) in [5.41, 5.74) is 3.49. The van der Waals surface area contributed by atoms with Gasteiger partial charge in [0.25, 0.3) is 11.8 Å². The summed E-state index contributed by atoms with van der Waals surface area (Å²) in [6.07, 6.45) is 1.45. The Bertz CT molecular complexity index is 832. The summed E-state index contributed by atoms with van der Waals surface area (Å²) in [5.74, 6) is -0.914. The summed E-state index contributed by atoms with van der Waals surface area (Å²) in [5, 5.41) is 11.0. The number of phenolic OH excluding ortho intramolecular Hbond substituents is 1. The maximum Gasteiger partial charge on any atom is 0.282 e. The van der Waals surface area contributed by atoms with Gasteiger partial charge in [0.05, 0.1) is 15.7 Å². The van der Waals surface area contributed by atoms with Crippen molar-refractivity contribution in [3.63, 3.8) is 0 Å². The Morgan fingerprint density at radius 2 is 1.70 bits per heavy atom. The monoisotopic (exact) mass is 348 g/mol. The number of hydrogen-bond acceptors (Lipinski definition) is 3. The lowest BCUT2D eigenvalue weighted by Crippen LogP contribution is -2.35. The van der Waals surface area contributed by atoms with Gasteiger partial charge < -0.3 is 5.11 Å². The van der Waals surface area contributed by atoms with E-state index in [2.05, 4.69) is 5.43 Å². The number of benzene rings is 2. The SMILES string of the molecule is O=C1NN(c2ccc(Cl)c(Cl)c2)C(=O)/C1=C/c1ccc(O)cc1. The molecule has 0 aliphatic carbocycles. The molecule has 1 aliphatic heterocycles. The third-order valence-electron chi connectivity index (χ3n) is 3.26. The second kappa shape index (κ2) is 5.95. The number of nitrogens with zero attached hydrogens (tertiary/aromatic N) is 1. The zero-order chi connectivity index (χ0) is 16.6. The van der Waals surface area contributed by atoms with Gasteiger partial charge in [0.1, 0.15) is 11.3 Å². The van der Waals surface area contributed by atoms with Crippen molar-refractivity contribution >= 4 is 46.8 Å². The molecule has 0 unspecified atom stereocenters. The van der Waals surface area contributed by atoms with Gasteiger partial charge in [-0.15, -0.1) is 0 Å². The lowest BCUT2D eigenvalue weighted by atomic mass is 10.1. The Morgan fingerprint density at radius 1 is 1.00 bits per heavy atom. The fraction of sp³-hybridized carbons (Fsp3) is 0. The number of rotatable bonds is 2. The number of aromatic hydroxyl groups is 1. The molecule has 2 aromatic carbocycles. The summed E-state index contributed by atoms with van der Waals surface area (Å²) in [7, 11) is 0. The topological polar surface area (TPSA) is 69.6 Å². The van der Waals surface area contributed by atoms with Gasteiger partial charge in [-0.25, -0.2) is 5.01 Å². The predicted molar refractivity (Wildman–Crippen MR) is 88.2 cm³/mol. The number of carbonyl (C=O) groups excluding carboxylic acids is 2. The fourth-order valence-corrected chi connectivity index (χ4v) is 2.39. The zero-order valence-electron chi connectivity index (χ0n) is 11.6. The Morgan fingerprint density at radius 3 is 2.35 bits per heavy atom. The normalized spacial score (nSPS) is 16.1. The van der Waals surface area contributed by atoms with Crippen molar-refractivity contribution in [1.82, 2.24) is 5.43 Å². The van der Waals surface area contributed by atoms with Crippen molar-refractivity contribution in [3.8, 4) is 5.75 Å². The molecule has 0 aromatic heterocycles. The zero-order valence-corrected chi connectivity index (χ0v) is 13.1. The molecule has 1 heterocycles. The largest absolute Gasteiger partial charge is 0.508 e. The molecular formula is C16H10Cl2N2O3. The van der Waals surface area contributed by atoms with Crippen molar-refractivity contribution in [3.05, 3.63) is 63.6 Å². The van der Waals surface area contributed by atoms with Crippen molar-refractivity contribution in [2.24, 2.45) is 0 Å². The minimum Gasteiger partial charge on any atom is -0.508 e. The van der Waals surface area contributed by atoms with Crippen molar-refractivity contribution in [2.45, 2.75) is 0 Å². The van der Waals surface area contributed by atoms with Gasteiger partial charge in [0.15, 0.2) is 0 Å². The van der Waals surface area contributed by atoms with E-state index in [9.17, 15) is 14.7 Å². The average molecular weight is 349 g/mol. The van der Waals surface area contributed by atoms with Crippen molar-refractivity contribution < 1.29 is 14.7 Å². The lowest BCUT2D eigenvalue weighted by molar-refractivity contribution is -0.117. The second-order valence-electron chi connectivity index (χ2n) is 4.83. The van der Waals surface area contributed by atoms with E-state index >= 15 is 0 Å². The standard InChI is InChI=1S/C16H10Cl2N2O3/c17-13-6-3-10(8-14(13)18)20-16(23)12(15(22)19-20)7-9-1-4-11(21)5-2-9/h1-8,21H,(H,19,22)/b12-7+. The third-order valence-corrected chi connectivity index (χ3v) is 4.00. The average Bonchev–Trinajstić information content (AvgIpc) is 2.80. The summed E-state index contributed by atoms with van der Waals surface area (Å²) < 4.78 is 0. The summed E-state index contributed by atoms with van der Waals surface area (Å²) in [4.78, 5) is 24.5. The van der Waals surface area contributed by atoms with Crippen LogP contribution in [-0.4, -0.2) is 16.9 Å². The molecular weight excluding hydrogens is 339 g/mol. The molecule has 2 N–H and O–H groups in total. The number of phenols is 1. The van der Waals surface area contributed by atoms with Gasteiger partial charge in [-0.2, -0.15) is 0 Å². The number of hydrogen-bond donors (Lipinski definition) is 2. The number of carbonyl (C=O) groups is 2. The van der Waals surface area contributed by atoms with Gasteiger partial charge in [-0.05, 0) is 42.0 Å². The van der Waals surface area contributed by atoms with E-state index < -0.39 is 11.8 Å². The van der Waals surface area contributed by atoms with Crippen LogP contribution in [0.4, 0.5) is 5.69 Å². The van der Waals surface area contributed by atoms with E-state index in [1.165, 1.54) is 24.3 Å². The molecule has 0 atom stereocenters. The molecule has 0 saturated carbocycles. The number of anilines is 1. The van der Waals surface area contributed by atoms with Crippen LogP contribution < -0.4 is 10.4 Å². The van der Waals surface area contributed by atoms with Crippen LogP contribution in [0.15, 0.2) is 48.0 Å². The van der Waals surface area contributed by atoms with E-state index in [1.54, 1.807) is 24.3 Å². The van der Waals surface area contributed by atoms with Gasteiger partial charge in [0.2, 0.25) is 0 Å². The van der Waals surface area contributed by atoms with Crippen LogP contribution in [0.25, 0.3) is 6.08 Å². The molecule has 1 aliphatic rings. The molecule has 23 heavy (non-hydrogen) atoms. The molecule has 0 radical (unpaired) electrons. The van der Waals surface area contributed by atoms with E-state index in [-0.39, 0.29) is 16.3 Å². The van der Waals surface area contributed by atoms with Crippen LogP contribution in [0.5, 0.6) is 5.75 Å². The highest BCUT2D eigenvalue weighted by Crippen LogP contribution is 2.29. The summed E-state index contributed by atoms with van der Waals surface area (Å²) in [6.45, 7) is 0. The molecule has 1 saturated heterocycles. The second-order valence-corrected chi connectivity index (χ2v) is 5.64. The highest BCUT2D eigenvalue weighted by Gasteiger charge is 2.34. The van der Waals surface area contributed by atoms with Crippen LogP contribution in [-0.2, 0) is 9.59 Å². The first-order chi connectivity index (χ1) is 11.0. The molecule has 1 fully saturated rings. The van der Waals surface area contributed by atoms with E-state index in [1.807, 2.05) is 0 Å². The Hall–Kier alpha value is -2.50. The maximum absolute atomic E-state index is 12.4. The first kappa shape index (κ1) is 15.4.